The molecule has 0 aromatic carbocycles. The van der Waals surface area contributed by atoms with Gasteiger partial charge in [0.05, 0.1) is 17.9 Å². The van der Waals surface area contributed by atoms with Gasteiger partial charge < -0.3 is 30.7 Å². The number of pyridine rings is 2. The molecule has 2 amide bonds. The monoisotopic (exact) mass is 456 g/mol. The summed E-state index contributed by atoms with van der Waals surface area (Å²) < 4.78 is 10.5. The first kappa shape index (κ1) is 24.2. The van der Waals surface area contributed by atoms with Gasteiger partial charge >= 0.3 is 6.09 Å². The molecular weight excluding hydrogens is 424 g/mol. The molecular formula is C23H32N6O4. The number of likely N-dealkylation sites (tertiary alicyclic amines) is 1. The van der Waals surface area contributed by atoms with Gasteiger partial charge in [0.25, 0.3) is 5.91 Å². The Morgan fingerprint density at radius 2 is 1.85 bits per heavy atom. The average molecular weight is 457 g/mol. The molecule has 0 saturated carbocycles. The lowest BCUT2D eigenvalue weighted by molar-refractivity contribution is 0.0210. The highest BCUT2D eigenvalue weighted by atomic mass is 16.6. The van der Waals surface area contributed by atoms with Crippen LogP contribution in [0, 0.1) is 0 Å². The Bertz CT molecular complexity index is 966. The predicted molar refractivity (Wildman–Crippen MR) is 125 cm³/mol. The van der Waals surface area contributed by atoms with Crippen molar-refractivity contribution < 1.29 is 19.1 Å². The molecule has 0 radical (unpaired) electrons. The Morgan fingerprint density at radius 1 is 1.15 bits per heavy atom. The molecule has 0 bridgehead atoms. The first-order valence-corrected chi connectivity index (χ1v) is 10.9. The largest absolute Gasteiger partial charge is 0.444 e. The standard InChI is InChI=1S/C23H32N6O4/c1-23(2,3)33-22(31)29-9-7-16(8-10-29)27-18-11-20(26-13-17(18)21(24)30)28-19-6-5-15(12-25-19)14-32-4/h5-6,11-13,16H,7-10,14H2,1-4H3,(H2,24,30)(H2,25,26,27,28). The molecule has 10 nitrogen and oxygen atoms in total. The number of amides is 2. The summed E-state index contributed by atoms with van der Waals surface area (Å²) >= 11 is 0. The molecule has 2 aromatic rings. The zero-order valence-corrected chi connectivity index (χ0v) is 19.6. The summed E-state index contributed by atoms with van der Waals surface area (Å²) in [5.41, 5.74) is 6.88. The van der Waals surface area contributed by atoms with E-state index in [0.29, 0.717) is 55.4 Å². The number of rotatable bonds is 7. The van der Waals surface area contributed by atoms with Crippen molar-refractivity contribution in [3.05, 3.63) is 41.7 Å². The number of ether oxygens (including phenoxy) is 2. The fraction of sp³-hybridized carbons (Fsp3) is 0.478. The lowest BCUT2D eigenvalue weighted by Crippen LogP contribution is -2.44. The molecule has 4 N–H and O–H groups in total. The molecule has 3 rings (SSSR count). The van der Waals surface area contributed by atoms with Gasteiger partial charge in [-0.05, 0) is 45.2 Å². The van der Waals surface area contributed by atoms with Crippen LogP contribution in [0.25, 0.3) is 0 Å². The van der Waals surface area contributed by atoms with Crippen molar-refractivity contribution in [1.82, 2.24) is 14.9 Å². The number of hydrogen-bond acceptors (Lipinski definition) is 8. The number of anilines is 3. The lowest BCUT2D eigenvalue weighted by atomic mass is 10.0. The minimum atomic E-state index is -0.565. The number of nitrogens with one attached hydrogen (secondary N) is 2. The van der Waals surface area contributed by atoms with Gasteiger partial charge in [0.15, 0.2) is 0 Å². The van der Waals surface area contributed by atoms with Gasteiger partial charge in [0, 0.05) is 44.7 Å². The third kappa shape index (κ3) is 7.04. The second kappa shape index (κ2) is 10.5. The van der Waals surface area contributed by atoms with Gasteiger partial charge in [-0.2, -0.15) is 0 Å². The Hall–Kier alpha value is -3.40. The van der Waals surface area contributed by atoms with Gasteiger partial charge in [0.2, 0.25) is 0 Å². The average Bonchev–Trinajstić information content (AvgIpc) is 2.74. The van der Waals surface area contributed by atoms with E-state index in [1.54, 1.807) is 24.3 Å². The van der Waals surface area contributed by atoms with Crippen LogP contribution >= 0.6 is 0 Å². The SMILES string of the molecule is COCc1ccc(Nc2cc(NC3CCN(C(=O)OC(C)(C)C)CC3)c(C(N)=O)cn2)nc1. The zero-order valence-electron chi connectivity index (χ0n) is 19.6. The summed E-state index contributed by atoms with van der Waals surface area (Å²) in [6.07, 6.45) is 4.29. The van der Waals surface area contributed by atoms with E-state index in [9.17, 15) is 9.59 Å². The first-order valence-electron chi connectivity index (χ1n) is 10.9. The quantitative estimate of drug-likeness (QED) is 0.578. The minimum Gasteiger partial charge on any atom is -0.444 e. The molecule has 0 atom stereocenters. The summed E-state index contributed by atoms with van der Waals surface area (Å²) in [4.78, 5) is 34.6. The maximum absolute atomic E-state index is 12.3. The highest BCUT2D eigenvalue weighted by molar-refractivity contribution is 5.98. The van der Waals surface area contributed by atoms with Gasteiger partial charge in [-0.15, -0.1) is 0 Å². The van der Waals surface area contributed by atoms with E-state index in [4.69, 9.17) is 15.2 Å². The Kier molecular flexibility index (Phi) is 7.70. The third-order valence-electron chi connectivity index (χ3n) is 5.07. The van der Waals surface area contributed by atoms with Crippen molar-refractivity contribution in [2.45, 2.75) is 51.9 Å². The van der Waals surface area contributed by atoms with Gasteiger partial charge in [-0.3, -0.25) is 4.79 Å². The number of aromatic nitrogens is 2. The van der Waals surface area contributed by atoms with Crippen LogP contribution < -0.4 is 16.4 Å². The summed E-state index contributed by atoms with van der Waals surface area (Å²) in [6, 6.07) is 5.56. The summed E-state index contributed by atoms with van der Waals surface area (Å²) in [6.45, 7) is 7.16. The van der Waals surface area contributed by atoms with E-state index < -0.39 is 11.5 Å². The van der Waals surface area contributed by atoms with E-state index in [2.05, 4.69) is 20.6 Å². The van der Waals surface area contributed by atoms with Gasteiger partial charge in [-0.1, -0.05) is 6.07 Å². The topological polar surface area (TPSA) is 132 Å². The molecule has 0 aliphatic carbocycles. The van der Waals surface area contributed by atoms with Crippen molar-refractivity contribution in [3.8, 4) is 0 Å². The Morgan fingerprint density at radius 3 is 2.42 bits per heavy atom. The number of nitrogens with two attached hydrogens (primary N) is 1. The molecule has 1 aliphatic heterocycles. The van der Waals surface area contributed by atoms with Crippen LogP contribution in [0.2, 0.25) is 0 Å². The van der Waals surface area contributed by atoms with Crippen LogP contribution in [-0.2, 0) is 16.1 Å². The third-order valence-corrected chi connectivity index (χ3v) is 5.07. The van der Waals surface area contributed by atoms with Crippen LogP contribution in [0.1, 0.15) is 49.5 Å². The Balaban J connectivity index is 1.65. The number of hydrogen-bond donors (Lipinski definition) is 3. The minimum absolute atomic E-state index is 0.0727. The molecule has 3 heterocycles. The van der Waals surface area contributed by atoms with Crippen molar-refractivity contribution >= 4 is 29.3 Å². The number of carbonyl (C=O) groups is 2. The van der Waals surface area contributed by atoms with E-state index >= 15 is 0 Å². The highest BCUT2D eigenvalue weighted by Gasteiger charge is 2.27. The van der Waals surface area contributed by atoms with E-state index in [0.717, 1.165) is 5.56 Å². The molecule has 0 unspecified atom stereocenters. The first-order chi connectivity index (χ1) is 15.6. The lowest BCUT2D eigenvalue weighted by Gasteiger charge is -2.34. The number of piperidine rings is 1. The van der Waals surface area contributed by atoms with Crippen LogP contribution in [0.3, 0.4) is 0 Å². The predicted octanol–water partition coefficient (Wildman–Crippen LogP) is 3.28. The van der Waals surface area contributed by atoms with Gasteiger partial charge in [-0.25, -0.2) is 14.8 Å². The maximum atomic E-state index is 12.3. The molecule has 33 heavy (non-hydrogen) atoms. The van der Waals surface area contributed by atoms with E-state index in [-0.39, 0.29) is 12.1 Å². The number of nitrogens with zero attached hydrogens (tertiary/aromatic N) is 3. The second-order valence-electron chi connectivity index (χ2n) is 8.98. The summed E-state index contributed by atoms with van der Waals surface area (Å²) in [5, 5.41) is 6.53. The molecule has 2 aromatic heterocycles. The molecule has 178 valence electrons. The van der Waals surface area contributed by atoms with Crippen molar-refractivity contribution in [2.24, 2.45) is 5.73 Å². The highest BCUT2D eigenvalue weighted by Crippen LogP contribution is 2.24. The normalized spacial score (nSPS) is 14.6. The second-order valence-corrected chi connectivity index (χ2v) is 8.98. The number of primary amides is 1. The van der Waals surface area contributed by atoms with Crippen LogP contribution in [0.15, 0.2) is 30.6 Å². The van der Waals surface area contributed by atoms with Crippen LogP contribution in [0.5, 0.6) is 0 Å². The fourth-order valence-electron chi connectivity index (χ4n) is 3.47. The van der Waals surface area contributed by atoms with Crippen LogP contribution in [-0.4, -0.2) is 58.7 Å². The molecule has 1 aliphatic rings. The zero-order chi connectivity index (χ0) is 24.0. The Labute approximate surface area is 193 Å². The molecule has 0 spiro atoms. The fourth-order valence-corrected chi connectivity index (χ4v) is 3.47. The smallest absolute Gasteiger partial charge is 0.410 e. The summed E-state index contributed by atoms with van der Waals surface area (Å²) in [7, 11) is 1.63. The number of carbonyl (C=O) groups excluding carboxylic acids is 2. The summed E-state index contributed by atoms with van der Waals surface area (Å²) in [5.74, 6) is 0.580. The molecule has 1 saturated heterocycles. The van der Waals surface area contributed by atoms with Crippen molar-refractivity contribution in [3.63, 3.8) is 0 Å². The number of methoxy groups -OCH3 is 1. The maximum Gasteiger partial charge on any atom is 0.410 e. The van der Waals surface area contributed by atoms with Crippen molar-refractivity contribution in [2.75, 3.05) is 30.8 Å². The van der Waals surface area contributed by atoms with Crippen molar-refractivity contribution in [1.29, 1.82) is 0 Å². The molecule has 10 heteroatoms. The van der Waals surface area contributed by atoms with Gasteiger partial charge in [0.1, 0.15) is 17.2 Å². The van der Waals surface area contributed by atoms with E-state index in [1.807, 2.05) is 32.9 Å². The van der Waals surface area contributed by atoms with E-state index in [1.165, 1.54) is 6.20 Å². The molecule has 1 fully saturated rings. The van der Waals surface area contributed by atoms with Crippen LogP contribution in [0.4, 0.5) is 22.1 Å².